The van der Waals surface area contributed by atoms with Gasteiger partial charge in [-0.05, 0) is 39.8 Å². The Labute approximate surface area is 136 Å². The van der Waals surface area contributed by atoms with E-state index < -0.39 is 0 Å². The minimum atomic E-state index is -0.303. The lowest BCUT2D eigenvalue weighted by Gasteiger charge is -2.34. The zero-order valence-corrected chi connectivity index (χ0v) is 14.0. The van der Waals surface area contributed by atoms with Crippen LogP contribution in [-0.2, 0) is 0 Å². The Morgan fingerprint density at radius 1 is 1.13 bits per heavy atom. The van der Waals surface area contributed by atoms with Crippen LogP contribution in [0.25, 0.3) is 0 Å². The van der Waals surface area contributed by atoms with E-state index in [1.807, 2.05) is 27.7 Å². The zero-order chi connectivity index (χ0) is 17.2. The minimum Gasteiger partial charge on any atom is -0.336 e. The third-order valence-corrected chi connectivity index (χ3v) is 3.86. The van der Waals surface area contributed by atoms with Gasteiger partial charge < -0.3 is 10.2 Å². The number of fused-ring (bicyclic) bond motifs is 1. The lowest BCUT2D eigenvalue weighted by Crippen LogP contribution is -2.51. The van der Waals surface area contributed by atoms with E-state index in [-0.39, 0.29) is 36.5 Å². The highest BCUT2D eigenvalue weighted by atomic mass is 16.2. The summed E-state index contributed by atoms with van der Waals surface area (Å²) in [6.07, 6.45) is 0. The number of urea groups is 1. The highest BCUT2D eigenvalue weighted by Gasteiger charge is 2.34. The summed E-state index contributed by atoms with van der Waals surface area (Å²) < 4.78 is 0. The van der Waals surface area contributed by atoms with Crippen molar-refractivity contribution in [2.45, 2.75) is 33.2 Å². The number of hydrogen-bond acceptors (Lipinski definition) is 3. The maximum Gasteiger partial charge on any atom is 0.317 e. The minimum absolute atomic E-state index is 0.166. The van der Waals surface area contributed by atoms with E-state index in [1.54, 1.807) is 29.2 Å². The molecule has 23 heavy (non-hydrogen) atoms. The third-order valence-electron chi connectivity index (χ3n) is 3.86. The van der Waals surface area contributed by atoms with Gasteiger partial charge in [0.1, 0.15) is 0 Å². The standard InChI is InChI=1S/C17H23N3O3/c1-5-20(17(2,3)4)16(23)18-10-11-19-14(21)12-8-6-7-9-13(12)15(19)22/h6-9H,5,10-11H2,1-4H3,(H,18,23). The van der Waals surface area contributed by atoms with Crippen LogP contribution in [-0.4, -0.2) is 52.8 Å². The van der Waals surface area contributed by atoms with Gasteiger partial charge in [-0.25, -0.2) is 4.79 Å². The average Bonchev–Trinajstić information content (AvgIpc) is 2.72. The van der Waals surface area contributed by atoms with Crippen LogP contribution < -0.4 is 5.32 Å². The van der Waals surface area contributed by atoms with Crippen molar-refractivity contribution in [1.29, 1.82) is 0 Å². The van der Waals surface area contributed by atoms with Gasteiger partial charge in [-0.2, -0.15) is 0 Å². The number of rotatable bonds is 4. The molecule has 1 aliphatic rings. The fourth-order valence-corrected chi connectivity index (χ4v) is 2.73. The first kappa shape index (κ1) is 17.0. The number of nitrogens with zero attached hydrogens (tertiary/aromatic N) is 2. The van der Waals surface area contributed by atoms with Crippen molar-refractivity contribution in [3.8, 4) is 0 Å². The molecular weight excluding hydrogens is 294 g/mol. The van der Waals surface area contributed by atoms with Crippen molar-refractivity contribution < 1.29 is 14.4 Å². The van der Waals surface area contributed by atoms with Gasteiger partial charge in [-0.15, -0.1) is 0 Å². The van der Waals surface area contributed by atoms with Crippen molar-refractivity contribution in [3.05, 3.63) is 35.4 Å². The van der Waals surface area contributed by atoms with Crippen LogP contribution in [0.5, 0.6) is 0 Å². The van der Waals surface area contributed by atoms with Gasteiger partial charge in [-0.3, -0.25) is 14.5 Å². The number of carbonyl (C=O) groups is 3. The number of nitrogens with one attached hydrogen (secondary N) is 1. The summed E-state index contributed by atoms with van der Waals surface area (Å²) in [5.41, 5.74) is 0.566. The number of carbonyl (C=O) groups excluding carboxylic acids is 3. The Bertz CT molecular complexity index is 599. The molecule has 0 spiro atoms. The number of hydrogen-bond donors (Lipinski definition) is 1. The number of benzene rings is 1. The van der Waals surface area contributed by atoms with Crippen molar-refractivity contribution in [2.24, 2.45) is 0 Å². The van der Waals surface area contributed by atoms with E-state index in [2.05, 4.69) is 5.32 Å². The molecule has 1 aliphatic heterocycles. The second-order valence-corrected chi connectivity index (χ2v) is 6.45. The molecule has 0 saturated carbocycles. The second kappa shape index (κ2) is 6.40. The van der Waals surface area contributed by atoms with E-state index in [0.717, 1.165) is 0 Å². The largest absolute Gasteiger partial charge is 0.336 e. The molecule has 1 aromatic carbocycles. The van der Waals surface area contributed by atoms with Crippen LogP contribution in [0.15, 0.2) is 24.3 Å². The lowest BCUT2D eigenvalue weighted by atomic mass is 10.1. The number of amides is 4. The van der Waals surface area contributed by atoms with Crippen LogP contribution in [0.1, 0.15) is 48.4 Å². The zero-order valence-electron chi connectivity index (χ0n) is 14.0. The quantitative estimate of drug-likeness (QED) is 0.865. The summed E-state index contributed by atoms with van der Waals surface area (Å²) >= 11 is 0. The summed E-state index contributed by atoms with van der Waals surface area (Å²) in [5, 5.41) is 2.78. The topological polar surface area (TPSA) is 69.7 Å². The predicted molar refractivity (Wildman–Crippen MR) is 87.3 cm³/mol. The molecule has 0 fully saturated rings. The summed E-state index contributed by atoms with van der Waals surface area (Å²) in [4.78, 5) is 39.5. The molecule has 6 heteroatoms. The molecule has 124 valence electrons. The molecule has 1 aromatic rings. The van der Waals surface area contributed by atoms with E-state index in [4.69, 9.17) is 0 Å². The Morgan fingerprint density at radius 2 is 1.65 bits per heavy atom. The van der Waals surface area contributed by atoms with Crippen LogP contribution in [0.4, 0.5) is 4.79 Å². The fourth-order valence-electron chi connectivity index (χ4n) is 2.73. The van der Waals surface area contributed by atoms with Gasteiger partial charge in [0, 0.05) is 25.2 Å². The molecule has 6 nitrogen and oxygen atoms in total. The molecule has 0 bridgehead atoms. The molecule has 0 saturated heterocycles. The van der Waals surface area contributed by atoms with Crippen LogP contribution >= 0.6 is 0 Å². The number of imide groups is 1. The highest BCUT2D eigenvalue weighted by Crippen LogP contribution is 2.21. The summed E-state index contributed by atoms with van der Waals surface area (Å²) in [6.45, 7) is 8.77. The van der Waals surface area contributed by atoms with Crippen molar-refractivity contribution >= 4 is 17.8 Å². The fraction of sp³-hybridized carbons (Fsp3) is 0.471. The van der Waals surface area contributed by atoms with Crippen molar-refractivity contribution in [1.82, 2.24) is 15.1 Å². The molecule has 2 rings (SSSR count). The molecule has 0 radical (unpaired) electrons. The first-order valence-electron chi connectivity index (χ1n) is 7.78. The molecule has 1 heterocycles. The summed E-state index contributed by atoms with van der Waals surface area (Å²) in [6, 6.07) is 6.56. The summed E-state index contributed by atoms with van der Waals surface area (Å²) in [7, 11) is 0. The predicted octanol–water partition coefficient (Wildman–Crippen LogP) is 2.11. The maximum absolute atomic E-state index is 12.2. The molecule has 1 N–H and O–H groups in total. The van der Waals surface area contributed by atoms with E-state index >= 15 is 0 Å². The van der Waals surface area contributed by atoms with Gasteiger partial charge in [0.2, 0.25) is 0 Å². The van der Waals surface area contributed by atoms with E-state index in [1.165, 1.54) is 4.90 Å². The summed E-state index contributed by atoms with van der Waals surface area (Å²) in [5.74, 6) is -0.606. The normalized spacial score (nSPS) is 14.0. The van der Waals surface area contributed by atoms with Crippen molar-refractivity contribution in [3.63, 3.8) is 0 Å². The maximum atomic E-state index is 12.2. The Balaban J connectivity index is 1.94. The SMILES string of the molecule is CCN(C(=O)NCCN1C(=O)c2ccccc2C1=O)C(C)(C)C. The third kappa shape index (κ3) is 3.36. The Kier molecular flexibility index (Phi) is 4.73. The van der Waals surface area contributed by atoms with Gasteiger partial charge in [-0.1, -0.05) is 12.1 Å². The lowest BCUT2D eigenvalue weighted by molar-refractivity contribution is 0.0653. The van der Waals surface area contributed by atoms with Gasteiger partial charge >= 0.3 is 6.03 Å². The van der Waals surface area contributed by atoms with Gasteiger partial charge in [0.25, 0.3) is 11.8 Å². The van der Waals surface area contributed by atoms with Gasteiger partial charge in [0.05, 0.1) is 11.1 Å². The molecule has 0 aliphatic carbocycles. The molecule has 0 atom stereocenters. The average molecular weight is 317 g/mol. The van der Waals surface area contributed by atoms with E-state index in [0.29, 0.717) is 17.7 Å². The first-order chi connectivity index (χ1) is 10.8. The molecular formula is C17H23N3O3. The van der Waals surface area contributed by atoms with Gasteiger partial charge in [0.15, 0.2) is 0 Å². The molecule has 4 amide bonds. The van der Waals surface area contributed by atoms with Crippen LogP contribution in [0.3, 0.4) is 0 Å². The van der Waals surface area contributed by atoms with Crippen LogP contribution in [0.2, 0.25) is 0 Å². The monoisotopic (exact) mass is 317 g/mol. The van der Waals surface area contributed by atoms with Crippen LogP contribution in [0, 0.1) is 0 Å². The first-order valence-corrected chi connectivity index (χ1v) is 7.78. The second-order valence-electron chi connectivity index (χ2n) is 6.45. The molecule has 0 aromatic heterocycles. The Hall–Kier alpha value is -2.37. The smallest absolute Gasteiger partial charge is 0.317 e. The van der Waals surface area contributed by atoms with E-state index in [9.17, 15) is 14.4 Å². The van der Waals surface area contributed by atoms with Crippen molar-refractivity contribution in [2.75, 3.05) is 19.6 Å². The molecule has 0 unspecified atom stereocenters. The Morgan fingerprint density at radius 3 is 2.09 bits per heavy atom. The highest BCUT2D eigenvalue weighted by molar-refractivity contribution is 6.21.